The van der Waals surface area contributed by atoms with Crippen molar-refractivity contribution in [3.8, 4) is 0 Å². The Labute approximate surface area is 156 Å². The lowest BCUT2D eigenvalue weighted by molar-refractivity contribution is 0.102. The van der Waals surface area contributed by atoms with Gasteiger partial charge in [0.15, 0.2) is 0 Å². The zero-order chi connectivity index (χ0) is 18.8. The molecule has 27 heavy (non-hydrogen) atoms. The summed E-state index contributed by atoms with van der Waals surface area (Å²) in [6.07, 6.45) is 0. The molecule has 3 aromatic carbocycles. The number of imidazole rings is 1. The first-order valence-corrected chi connectivity index (χ1v) is 8.57. The lowest BCUT2D eigenvalue weighted by Gasteiger charge is -2.09. The molecule has 0 aliphatic heterocycles. The highest BCUT2D eigenvalue weighted by Crippen LogP contribution is 2.20. The fourth-order valence-corrected chi connectivity index (χ4v) is 3.01. The van der Waals surface area contributed by atoms with Crippen LogP contribution >= 0.6 is 0 Å². The van der Waals surface area contributed by atoms with Gasteiger partial charge in [0.2, 0.25) is 5.95 Å². The molecule has 1 heterocycles. The van der Waals surface area contributed by atoms with Crippen molar-refractivity contribution < 1.29 is 4.79 Å². The van der Waals surface area contributed by atoms with Gasteiger partial charge in [-0.2, -0.15) is 0 Å². The van der Waals surface area contributed by atoms with Crippen LogP contribution in [0.25, 0.3) is 11.0 Å². The number of nitrogens with zero attached hydrogens (tertiary/aromatic N) is 2. The number of carbonyl (C=O) groups is 1. The Morgan fingerprint density at radius 2 is 1.63 bits per heavy atom. The van der Waals surface area contributed by atoms with Gasteiger partial charge in [-0.3, -0.25) is 4.79 Å². The molecule has 5 N–H and O–H groups in total. The number of carbonyl (C=O) groups excluding carboxylic acids is 1. The van der Waals surface area contributed by atoms with Crippen molar-refractivity contribution >= 4 is 34.3 Å². The number of hydrogen-bond acceptors (Lipinski definition) is 4. The molecule has 1 aromatic heterocycles. The van der Waals surface area contributed by atoms with Crippen LogP contribution in [-0.2, 0) is 6.54 Å². The maximum atomic E-state index is 12.4. The lowest BCUT2D eigenvalue weighted by atomic mass is 10.1. The molecule has 6 heteroatoms. The first kappa shape index (κ1) is 16.7. The van der Waals surface area contributed by atoms with Crippen LogP contribution in [0.15, 0.2) is 72.8 Å². The Bertz CT molecular complexity index is 1120. The minimum Gasteiger partial charge on any atom is -0.397 e. The fraction of sp³-hybridized carbons (Fsp3) is 0.0476. The number of benzene rings is 3. The zero-order valence-electron chi connectivity index (χ0n) is 14.6. The Balaban J connectivity index is 1.53. The summed E-state index contributed by atoms with van der Waals surface area (Å²) in [7, 11) is 0. The van der Waals surface area contributed by atoms with Gasteiger partial charge >= 0.3 is 0 Å². The van der Waals surface area contributed by atoms with Gasteiger partial charge in [0.05, 0.1) is 29.0 Å². The molecule has 0 fully saturated rings. The van der Waals surface area contributed by atoms with Crippen molar-refractivity contribution in [2.45, 2.75) is 6.54 Å². The van der Waals surface area contributed by atoms with Crippen molar-refractivity contribution in [2.75, 3.05) is 16.8 Å². The van der Waals surface area contributed by atoms with E-state index < -0.39 is 0 Å². The number of rotatable bonds is 4. The summed E-state index contributed by atoms with van der Waals surface area (Å²) in [5, 5.41) is 2.83. The second kappa shape index (κ2) is 6.84. The third kappa shape index (κ3) is 3.32. The monoisotopic (exact) mass is 357 g/mol. The van der Waals surface area contributed by atoms with E-state index in [0.717, 1.165) is 16.6 Å². The van der Waals surface area contributed by atoms with Crippen LogP contribution in [0.4, 0.5) is 17.3 Å². The second-order valence-corrected chi connectivity index (χ2v) is 6.28. The highest BCUT2D eigenvalue weighted by atomic mass is 16.1. The first-order valence-electron chi connectivity index (χ1n) is 8.57. The van der Waals surface area contributed by atoms with Crippen molar-refractivity contribution in [2.24, 2.45) is 0 Å². The van der Waals surface area contributed by atoms with E-state index in [1.165, 1.54) is 0 Å². The number of nitrogen functional groups attached to an aromatic ring is 2. The summed E-state index contributed by atoms with van der Waals surface area (Å²) < 4.78 is 1.95. The van der Waals surface area contributed by atoms with Crippen LogP contribution in [0.2, 0.25) is 0 Å². The molecule has 4 rings (SSSR count). The molecule has 134 valence electrons. The highest BCUT2D eigenvalue weighted by molar-refractivity contribution is 6.05. The molecule has 6 nitrogen and oxygen atoms in total. The van der Waals surface area contributed by atoms with Gasteiger partial charge in [-0.05, 0) is 42.0 Å². The molecule has 0 bridgehead atoms. The predicted molar refractivity (Wildman–Crippen MR) is 108 cm³/mol. The van der Waals surface area contributed by atoms with Crippen LogP contribution in [0.3, 0.4) is 0 Å². The van der Waals surface area contributed by atoms with Gasteiger partial charge in [-0.15, -0.1) is 0 Å². The molecule has 1 amide bonds. The Hall–Kier alpha value is -3.80. The van der Waals surface area contributed by atoms with Crippen molar-refractivity contribution in [1.82, 2.24) is 9.55 Å². The van der Waals surface area contributed by atoms with Crippen molar-refractivity contribution in [3.05, 3.63) is 83.9 Å². The number of hydrogen-bond donors (Lipinski definition) is 3. The van der Waals surface area contributed by atoms with Crippen LogP contribution in [0.5, 0.6) is 0 Å². The van der Waals surface area contributed by atoms with Gasteiger partial charge in [0.25, 0.3) is 5.91 Å². The Morgan fingerprint density at radius 1 is 0.926 bits per heavy atom. The molecule has 0 radical (unpaired) electrons. The number of anilines is 3. The number of fused-ring (bicyclic) bond motifs is 1. The van der Waals surface area contributed by atoms with Crippen LogP contribution < -0.4 is 16.8 Å². The second-order valence-electron chi connectivity index (χ2n) is 6.28. The van der Waals surface area contributed by atoms with E-state index in [1.54, 1.807) is 24.3 Å². The third-order valence-corrected chi connectivity index (χ3v) is 4.45. The van der Waals surface area contributed by atoms with Gasteiger partial charge in [-0.25, -0.2) is 4.98 Å². The van der Waals surface area contributed by atoms with Crippen molar-refractivity contribution in [3.63, 3.8) is 0 Å². The van der Waals surface area contributed by atoms with Crippen molar-refractivity contribution in [1.29, 1.82) is 0 Å². The SMILES string of the molecule is Nc1ccccc1NC(=O)c1ccc(Cn2c(N)nc3ccccc32)cc1. The first-order chi connectivity index (χ1) is 13.1. The van der Waals surface area contributed by atoms with Gasteiger partial charge < -0.3 is 21.4 Å². The normalized spacial score (nSPS) is 10.8. The molecule has 0 unspecified atom stereocenters. The number of para-hydroxylation sites is 4. The minimum absolute atomic E-state index is 0.202. The molecule has 0 atom stereocenters. The Kier molecular flexibility index (Phi) is 4.22. The topological polar surface area (TPSA) is 99.0 Å². The maximum absolute atomic E-state index is 12.4. The third-order valence-electron chi connectivity index (χ3n) is 4.45. The summed E-state index contributed by atoms with van der Waals surface area (Å²) >= 11 is 0. The molecule has 0 aliphatic carbocycles. The number of amides is 1. The van der Waals surface area contributed by atoms with E-state index in [2.05, 4.69) is 10.3 Å². The summed E-state index contributed by atoms with van der Waals surface area (Å²) in [6, 6.07) is 22.4. The molecular weight excluding hydrogens is 338 g/mol. The average Bonchev–Trinajstić information content (AvgIpc) is 2.99. The minimum atomic E-state index is -0.202. The molecule has 0 saturated carbocycles. The standard InChI is InChI=1S/C21H19N5O/c22-16-5-1-2-6-17(16)24-20(27)15-11-9-14(10-12-15)13-26-19-8-4-3-7-18(19)25-21(26)23/h1-12H,13,22H2,(H2,23,25)(H,24,27). The number of nitrogens with two attached hydrogens (primary N) is 2. The van der Waals surface area contributed by atoms with E-state index in [9.17, 15) is 4.79 Å². The van der Waals surface area contributed by atoms with E-state index in [-0.39, 0.29) is 5.91 Å². The lowest BCUT2D eigenvalue weighted by Crippen LogP contribution is -2.13. The fourth-order valence-electron chi connectivity index (χ4n) is 3.01. The van der Waals surface area contributed by atoms with Gasteiger partial charge in [-0.1, -0.05) is 36.4 Å². The van der Waals surface area contributed by atoms with Gasteiger partial charge in [0, 0.05) is 5.56 Å². The smallest absolute Gasteiger partial charge is 0.255 e. The summed E-state index contributed by atoms with van der Waals surface area (Å²) in [4.78, 5) is 16.8. The molecular formula is C21H19N5O. The molecule has 4 aromatic rings. The summed E-state index contributed by atoms with van der Waals surface area (Å²) in [6.45, 7) is 0.583. The van der Waals surface area contributed by atoms with E-state index in [0.29, 0.717) is 29.4 Å². The number of nitrogens with one attached hydrogen (secondary N) is 1. The number of aromatic nitrogens is 2. The molecule has 0 aliphatic rings. The molecule has 0 saturated heterocycles. The highest BCUT2D eigenvalue weighted by Gasteiger charge is 2.10. The zero-order valence-corrected chi connectivity index (χ0v) is 14.6. The largest absolute Gasteiger partial charge is 0.397 e. The van der Waals surface area contributed by atoms with E-state index >= 15 is 0 Å². The predicted octanol–water partition coefficient (Wildman–Crippen LogP) is 3.50. The van der Waals surface area contributed by atoms with Crippen LogP contribution in [0.1, 0.15) is 15.9 Å². The quantitative estimate of drug-likeness (QED) is 0.487. The maximum Gasteiger partial charge on any atom is 0.255 e. The summed E-state index contributed by atoms with van der Waals surface area (Å²) in [5.41, 5.74) is 16.5. The van der Waals surface area contributed by atoms with E-state index in [1.807, 2.05) is 53.1 Å². The van der Waals surface area contributed by atoms with Gasteiger partial charge in [0.1, 0.15) is 0 Å². The Morgan fingerprint density at radius 3 is 2.41 bits per heavy atom. The van der Waals surface area contributed by atoms with Crippen LogP contribution in [-0.4, -0.2) is 15.5 Å². The average molecular weight is 357 g/mol. The van der Waals surface area contributed by atoms with Crippen LogP contribution in [0, 0.1) is 0 Å². The molecule has 0 spiro atoms. The van der Waals surface area contributed by atoms with E-state index in [4.69, 9.17) is 11.5 Å². The summed E-state index contributed by atoms with van der Waals surface area (Å²) in [5.74, 6) is 0.268.